The van der Waals surface area contributed by atoms with E-state index in [1.54, 1.807) is 24.7 Å². The minimum Gasteiger partial charge on any atom is -0.300 e. The van der Waals surface area contributed by atoms with Gasteiger partial charge < -0.3 is 0 Å². The number of hydrogen-bond acceptors (Lipinski definition) is 3. The maximum atomic E-state index is 15.2. The van der Waals surface area contributed by atoms with Crippen LogP contribution in [0.1, 0.15) is 36.4 Å². The fourth-order valence-electron chi connectivity index (χ4n) is 7.24. The van der Waals surface area contributed by atoms with Gasteiger partial charge in [-0.1, -0.05) is 36.4 Å². The summed E-state index contributed by atoms with van der Waals surface area (Å²) >= 11 is 0. The van der Waals surface area contributed by atoms with Crippen molar-refractivity contribution in [1.29, 1.82) is 0 Å². The standard InChI is InChI=1S/C35H26F6N2O/c36-22-9-18(10-23(37)14-22)8-21(33-26(6-3-7-43-33)29-17-42-16-19-4-1-2-5-25(19)29)12-24(44)11-20-13-28(34(38)39)31-27-15-30(27)35(40,41)32(20)31/h1-7,9-10,13-14,16-17,20-21,27,30,34H,8,11-12,15H2/t20?,21-,27?,30?/m1/s1. The lowest BCUT2D eigenvalue weighted by atomic mass is 9.83. The van der Waals surface area contributed by atoms with Gasteiger partial charge in [-0.2, -0.15) is 0 Å². The Hall–Kier alpha value is -4.27. The summed E-state index contributed by atoms with van der Waals surface area (Å²) in [6.45, 7) is 0. The zero-order valence-corrected chi connectivity index (χ0v) is 23.3. The molecule has 0 N–H and O–H groups in total. The molecule has 2 heterocycles. The zero-order valence-electron chi connectivity index (χ0n) is 23.3. The van der Waals surface area contributed by atoms with Crippen molar-refractivity contribution in [2.75, 3.05) is 0 Å². The van der Waals surface area contributed by atoms with E-state index in [9.17, 15) is 22.4 Å². The Labute approximate surface area is 249 Å². The molecular weight excluding hydrogens is 578 g/mol. The van der Waals surface area contributed by atoms with Gasteiger partial charge in [-0.05, 0) is 53.5 Å². The van der Waals surface area contributed by atoms with Crippen molar-refractivity contribution < 1.29 is 31.1 Å². The number of carbonyl (C=O) groups excluding carboxylic acids is 1. The molecule has 3 aliphatic carbocycles. The molecule has 2 aromatic heterocycles. The lowest BCUT2D eigenvalue weighted by Crippen LogP contribution is -2.25. The van der Waals surface area contributed by atoms with E-state index in [4.69, 9.17) is 0 Å². The van der Waals surface area contributed by atoms with Gasteiger partial charge in [0, 0.05) is 82.9 Å². The first-order valence-corrected chi connectivity index (χ1v) is 14.5. The van der Waals surface area contributed by atoms with Crippen LogP contribution in [0, 0.1) is 29.4 Å². The van der Waals surface area contributed by atoms with Crippen LogP contribution in [0.5, 0.6) is 0 Å². The third-order valence-corrected chi connectivity index (χ3v) is 9.08. The fraction of sp³-hybridized carbons (Fsp3) is 0.286. The molecule has 0 spiro atoms. The van der Waals surface area contributed by atoms with Crippen LogP contribution in [-0.2, 0) is 11.2 Å². The van der Waals surface area contributed by atoms with Gasteiger partial charge in [0.2, 0.25) is 0 Å². The van der Waals surface area contributed by atoms with E-state index < -0.39 is 53.4 Å². The van der Waals surface area contributed by atoms with Crippen LogP contribution >= 0.6 is 0 Å². The predicted molar refractivity (Wildman–Crippen MR) is 153 cm³/mol. The molecule has 1 fully saturated rings. The molecule has 7 rings (SSSR count). The summed E-state index contributed by atoms with van der Waals surface area (Å²) in [6, 6.07) is 14.3. The molecule has 4 aromatic rings. The maximum Gasteiger partial charge on any atom is 0.273 e. The van der Waals surface area contributed by atoms with Crippen LogP contribution in [0.3, 0.4) is 0 Å². The van der Waals surface area contributed by atoms with E-state index in [0.29, 0.717) is 16.8 Å². The van der Waals surface area contributed by atoms with Gasteiger partial charge in [-0.15, -0.1) is 0 Å². The van der Waals surface area contributed by atoms with Crippen molar-refractivity contribution in [2.45, 2.75) is 43.9 Å². The monoisotopic (exact) mass is 604 g/mol. The number of pyridine rings is 2. The van der Waals surface area contributed by atoms with Gasteiger partial charge in [0.05, 0.1) is 5.69 Å². The first kappa shape index (κ1) is 28.5. The Morgan fingerprint density at radius 3 is 2.52 bits per heavy atom. The molecule has 0 aliphatic heterocycles. The molecule has 44 heavy (non-hydrogen) atoms. The highest BCUT2D eigenvalue weighted by Crippen LogP contribution is 2.68. The Balaban J connectivity index is 1.25. The average molecular weight is 605 g/mol. The first-order valence-electron chi connectivity index (χ1n) is 14.5. The SMILES string of the molecule is O=C(CC1C=C(C(F)F)C2=C1C(F)(F)C1CC21)C[C@@H](Cc1cc(F)cc(F)c1)c1ncccc1-c1cncc2ccccc12. The molecule has 0 saturated heterocycles. The number of benzene rings is 2. The van der Waals surface area contributed by atoms with Crippen LogP contribution in [0.4, 0.5) is 26.3 Å². The number of fused-ring (bicyclic) bond motifs is 3. The van der Waals surface area contributed by atoms with Crippen LogP contribution in [-0.4, -0.2) is 28.1 Å². The molecule has 0 amide bonds. The Morgan fingerprint density at radius 2 is 1.75 bits per heavy atom. The van der Waals surface area contributed by atoms with Crippen LogP contribution in [0.15, 0.2) is 96.0 Å². The van der Waals surface area contributed by atoms with Gasteiger partial charge >= 0.3 is 0 Å². The van der Waals surface area contributed by atoms with E-state index in [1.165, 1.54) is 12.1 Å². The van der Waals surface area contributed by atoms with Gasteiger partial charge in [0.25, 0.3) is 12.3 Å². The molecular formula is C35H26F6N2O. The highest BCUT2D eigenvalue weighted by molar-refractivity contribution is 5.96. The summed E-state index contributed by atoms with van der Waals surface area (Å²) in [4.78, 5) is 22.6. The smallest absolute Gasteiger partial charge is 0.273 e. The van der Waals surface area contributed by atoms with E-state index in [1.807, 2.05) is 30.3 Å². The van der Waals surface area contributed by atoms with Crippen LogP contribution in [0.25, 0.3) is 21.9 Å². The molecule has 0 bridgehead atoms. The number of hydrogen-bond donors (Lipinski definition) is 0. The number of carbonyl (C=O) groups is 1. The summed E-state index contributed by atoms with van der Waals surface area (Å²) in [5.41, 5.74) is 1.49. The van der Waals surface area contributed by atoms with Crippen molar-refractivity contribution in [1.82, 2.24) is 9.97 Å². The summed E-state index contributed by atoms with van der Waals surface area (Å²) in [5, 5.41) is 1.76. The summed E-state index contributed by atoms with van der Waals surface area (Å²) in [5.74, 6) is -8.60. The quantitative estimate of drug-likeness (QED) is 0.180. The number of allylic oxidation sites excluding steroid dienone is 4. The van der Waals surface area contributed by atoms with Gasteiger partial charge in [-0.3, -0.25) is 14.8 Å². The minimum absolute atomic E-state index is 0.0275. The van der Waals surface area contributed by atoms with E-state index in [2.05, 4.69) is 9.97 Å². The Kier molecular flexibility index (Phi) is 6.94. The van der Waals surface area contributed by atoms with Crippen molar-refractivity contribution in [2.24, 2.45) is 17.8 Å². The van der Waals surface area contributed by atoms with Crippen molar-refractivity contribution in [3.05, 3.63) is 119 Å². The average Bonchev–Trinajstić information content (AvgIpc) is 3.64. The molecule has 3 aliphatic rings. The van der Waals surface area contributed by atoms with Crippen molar-refractivity contribution >= 4 is 16.6 Å². The fourth-order valence-corrected chi connectivity index (χ4v) is 7.24. The molecule has 3 nitrogen and oxygen atoms in total. The first-order chi connectivity index (χ1) is 21.1. The summed E-state index contributed by atoms with van der Waals surface area (Å²) in [6.07, 6.45) is 2.81. The maximum absolute atomic E-state index is 15.2. The normalized spacial score (nSPS) is 22.2. The second-order valence-corrected chi connectivity index (χ2v) is 11.9. The van der Waals surface area contributed by atoms with Gasteiger partial charge in [0.15, 0.2) is 0 Å². The molecule has 9 heteroatoms. The second kappa shape index (κ2) is 10.7. The van der Waals surface area contributed by atoms with E-state index >= 15 is 8.78 Å². The molecule has 4 atom stereocenters. The molecule has 0 radical (unpaired) electrons. The topological polar surface area (TPSA) is 42.9 Å². The Morgan fingerprint density at radius 1 is 0.977 bits per heavy atom. The second-order valence-electron chi connectivity index (χ2n) is 11.9. The van der Waals surface area contributed by atoms with Crippen LogP contribution in [0.2, 0.25) is 0 Å². The third kappa shape index (κ3) is 4.92. The summed E-state index contributed by atoms with van der Waals surface area (Å²) < 4.78 is 86.5. The number of Topliss-reactive ketones (excluding diaryl/α,β-unsaturated/α-hetero) is 1. The van der Waals surface area contributed by atoms with E-state index in [0.717, 1.165) is 28.5 Å². The van der Waals surface area contributed by atoms with Gasteiger partial charge in [-0.25, -0.2) is 26.3 Å². The number of halogens is 6. The van der Waals surface area contributed by atoms with E-state index in [-0.39, 0.29) is 42.4 Å². The lowest BCUT2D eigenvalue weighted by Gasteiger charge is -2.23. The van der Waals surface area contributed by atoms with Crippen molar-refractivity contribution in [3.63, 3.8) is 0 Å². The Bertz CT molecular complexity index is 1840. The third-order valence-electron chi connectivity index (χ3n) is 9.08. The number of alkyl halides is 4. The highest BCUT2D eigenvalue weighted by atomic mass is 19.3. The number of nitrogens with zero attached hydrogens (tertiary/aromatic N) is 2. The summed E-state index contributed by atoms with van der Waals surface area (Å²) in [7, 11) is 0. The minimum atomic E-state index is -3.23. The molecule has 224 valence electrons. The highest BCUT2D eigenvalue weighted by Gasteiger charge is 2.67. The number of rotatable bonds is 9. The molecule has 3 unspecified atom stereocenters. The molecule has 2 aromatic carbocycles. The number of aromatic nitrogens is 2. The number of ketones is 1. The largest absolute Gasteiger partial charge is 0.300 e. The van der Waals surface area contributed by atoms with Crippen LogP contribution < -0.4 is 0 Å². The predicted octanol–water partition coefficient (Wildman–Crippen LogP) is 8.65. The lowest BCUT2D eigenvalue weighted by molar-refractivity contribution is -0.120. The zero-order chi connectivity index (χ0) is 30.7. The van der Waals surface area contributed by atoms with Gasteiger partial charge in [0.1, 0.15) is 17.4 Å². The molecule has 1 saturated carbocycles. The van der Waals surface area contributed by atoms with Crippen molar-refractivity contribution in [3.8, 4) is 11.1 Å².